The molecule has 1 atom stereocenters. The molecule has 0 aromatic heterocycles. The van der Waals surface area contributed by atoms with Gasteiger partial charge in [-0.3, -0.25) is 4.52 Å². The Hall–Kier alpha value is 0.400. The standard InChI is InChI=1S/C5H13ClNO3P/c1-3-5-7-10-11(6,8)9-4-2/h7H,3-5H2,1-2H3. The Balaban J connectivity index is 3.47. The second kappa shape index (κ2) is 5.98. The molecule has 4 nitrogen and oxygen atoms in total. The fourth-order valence-corrected chi connectivity index (χ4v) is 1.45. The van der Waals surface area contributed by atoms with Gasteiger partial charge in [-0.15, -0.1) is 0 Å². The van der Waals surface area contributed by atoms with Crippen LogP contribution in [0.4, 0.5) is 0 Å². The van der Waals surface area contributed by atoms with Crippen molar-refractivity contribution in [2.75, 3.05) is 13.2 Å². The summed E-state index contributed by atoms with van der Waals surface area (Å²) in [6.07, 6.45) is 0.878. The SMILES string of the molecule is CCCNOP(=O)(Cl)OCC. The highest BCUT2D eigenvalue weighted by molar-refractivity contribution is 7.81. The third kappa shape index (κ3) is 6.78. The molecular weight excluding hydrogens is 188 g/mol. The first kappa shape index (κ1) is 11.4. The minimum Gasteiger partial charge on any atom is -0.296 e. The van der Waals surface area contributed by atoms with Crippen LogP contribution in [0.3, 0.4) is 0 Å². The van der Waals surface area contributed by atoms with Gasteiger partial charge < -0.3 is 0 Å². The maximum absolute atomic E-state index is 10.9. The van der Waals surface area contributed by atoms with Gasteiger partial charge in [-0.2, -0.15) is 5.48 Å². The van der Waals surface area contributed by atoms with Crippen molar-refractivity contribution >= 4 is 18.2 Å². The lowest BCUT2D eigenvalue weighted by Gasteiger charge is -2.09. The lowest BCUT2D eigenvalue weighted by molar-refractivity contribution is 0.154. The molecule has 0 fully saturated rings. The summed E-state index contributed by atoms with van der Waals surface area (Å²) >= 11 is 5.32. The van der Waals surface area contributed by atoms with Crippen molar-refractivity contribution in [2.24, 2.45) is 0 Å². The van der Waals surface area contributed by atoms with Crippen LogP contribution in [0.25, 0.3) is 0 Å². The van der Waals surface area contributed by atoms with Crippen LogP contribution in [0.1, 0.15) is 20.3 Å². The summed E-state index contributed by atoms with van der Waals surface area (Å²) in [6.45, 7) is 1.16. The highest BCUT2D eigenvalue weighted by Gasteiger charge is 2.19. The van der Waals surface area contributed by atoms with Gasteiger partial charge in [-0.05, 0) is 13.3 Å². The van der Waals surface area contributed by atoms with Crippen LogP contribution in [0, 0.1) is 0 Å². The van der Waals surface area contributed by atoms with E-state index in [1.807, 2.05) is 6.92 Å². The molecule has 0 amide bonds. The van der Waals surface area contributed by atoms with E-state index in [4.69, 9.17) is 11.2 Å². The van der Waals surface area contributed by atoms with Gasteiger partial charge in [0.25, 0.3) is 0 Å². The average molecular weight is 202 g/mol. The van der Waals surface area contributed by atoms with E-state index in [1.165, 1.54) is 0 Å². The molecule has 0 spiro atoms. The lowest BCUT2D eigenvalue weighted by atomic mass is 10.5. The van der Waals surface area contributed by atoms with E-state index >= 15 is 0 Å². The number of hydrogen-bond acceptors (Lipinski definition) is 4. The Morgan fingerprint density at radius 1 is 1.55 bits per heavy atom. The van der Waals surface area contributed by atoms with E-state index < -0.39 is 6.95 Å². The molecule has 1 unspecified atom stereocenters. The van der Waals surface area contributed by atoms with Gasteiger partial charge in [0.2, 0.25) is 0 Å². The van der Waals surface area contributed by atoms with Gasteiger partial charge in [0, 0.05) is 17.8 Å². The topological polar surface area (TPSA) is 47.6 Å². The normalized spacial score (nSPS) is 16.3. The van der Waals surface area contributed by atoms with Crippen molar-refractivity contribution in [2.45, 2.75) is 20.3 Å². The van der Waals surface area contributed by atoms with Crippen LogP contribution in [0.5, 0.6) is 0 Å². The maximum Gasteiger partial charge on any atom is 0.440 e. The quantitative estimate of drug-likeness (QED) is 0.407. The van der Waals surface area contributed by atoms with Crippen LogP contribution in [-0.4, -0.2) is 13.2 Å². The van der Waals surface area contributed by atoms with Crippen molar-refractivity contribution in [3.05, 3.63) is 0 Å². The second-order valence-corrected chi connectivity index (χ2v) is 4.38. The van der Waals surface area contributed by atoms with E-state index in [9.17, 15) is 4.57 Å². The Morgan fingerprint density at radius 2 is 2.18 bits per heavy atom. The summed E-state index contributed by atoms with van der Waals surface area (Å²) in [5.74, 6) is 0. The van der Waals surface area contributed by atoms with Gasteiger partial charge in [0.1, 0.15) is 0 Å². The monoisotopic (exact) mass is 201 g/mol. The number of rotatable bonds is 6. The third-order valence-corrected chi connectivity index (χ3v) is 2.22. The van der Waals surface area contributed by atoms with Crippen LogP contribution < -0.4 is 5.48 Å². The van der Waals surface area contributed by atoms with Gasteiger partial charge in [0.15, 0.2) is 0 Å². The van der Waals surface area contributed by atoms with Gasteiger partial charge in [0.05, 0.1) is 6.61 Å². The average Bonchev–Trinajstić information content (AvgIpc) is 1.87. The molecule has 0 saturated carbocycles. The molecule has 0 aromatic rings. The summed E-state index contributed by atoms with van der Waals surface area (Å²) in [4.78, 5) is 0. The Kier molecular flexibility index (Phi) is 6.19. The Labute approximate surface area is 71.5 Å². The summed E-state index contributed by atoms with van der Waals surface area (Å²) in [6, 6.07) is 0. The van der Waals surface area contributed by atoms with Crippen molar-refractivity contribution in [1.29, 1.82) is 0 Å². The minimum absolute atomic E-state index is 0.272. The number of hydroxylamine groups is 1. The third-order valence-electron chi connectivity index (χ3n) is 0.809. The fourth-order valence-electron chi connectivity index (χ4n) is 0.405. The van der Waals surface area contributed by atoms with E-state index in [0.29, 0.717) is 6.54 Å². The molecule has 0 heterocycles. The second-order valence-electron chi connectivity index (χ2n) is 1.83. The molecule has 0 radical (unpaired) electrons. The molecular formula is C5H13ClNO3P. The van der Waals surface area contributed by atoms with E-state index in [-0.39, 0.29) is 6.61 Å². The highest BCUT2D eigenvalue weighted by atomic mass is 35.7. The summed E-state index contributed by atoms with van der Waals surface area (Å²) in [7, 11) is 0. The summed E-state index contributed by atoms with van der Waals surface area (Å²) < 4.78 is 20.1. The smallest absolute Gasteiger partial charge is 0.296 e. The van der Waals surface area contributed by atoms with Crippen LogP contribution in [0.15, 0.2) is 0 Å². The first-order valence-corrected chi connectivity index (χ1v) is 5.93. The molecule has 0 aromatic carbocycles. The van der Waals surface area contributed by atoms with Gasteiger partial charge >= 0.3 is 6.95 Å². The molecule has 1 N–H and O–H groups in total. The van der Waals surface area contributed by atoms with Gasteiger partial charge in [-0.1, -0.05) is 6.92 Å². The zero-order valence-corrected chi connectivity index (χ0v) is 8.32. The Bertz CT molecular complexity index is 144. The summed E-state index contributed by atoms with van der Waals surface area (Å²) in [5, 5.41) is 0. The zero-order chi connectivity index (χ0) is 8.74. The number of hydrogen-bond donors (Lipinski definition) is 1. The van der Waals surface area contributed by atoms with E-state index in [1.54, 1.807) is 6.92 Å². The van der Waals surface area contributed by atoms with Crippen LogP contribution >= 0.6 is 18.2 Å². The molecule has 0 aliphatic heterocycles. The highest BCUT2D eigenvalue weighted by Crippen LogP contribution is 2.52. The molecule has 0 rings (SSSR count). The van der Waals surface area contributed by atoms with E-state index in [0.717, 1.165) is 6.42 Å². The van der Waals surface area contributed by atoms with Crippen molar-refractivity contribution in [3.63, 3.8) is 0 Å². The van der Waals surface area contributed by atoms with Gasteiger partial charge in [-0.25, -0.2) is 9.19 Å². The molecule has 68 valence electrons. The number of nitrogens with one attached hydrogen (secondary N) is 1. The first-order valence-electron chi connectivity index (χ1n) is 3.48. The number of halogens is 1. The summed E-state index contributed by atoms with van der Waals surface area (Å²) in [5.41, 5.74) is 2.44. The van der Waals surface area contributed by atoms with Crippen LogP contribution in [0.2, 0.25) is 0 Å². The first-order chi connectivity index (χ1) is 5.12. The molecule has 11 heavy (non-hydrogen) atoms. The predicted octanol–water partition coefficient (Wildman–Crippen LogP) is 2.30. The maximum atomic E-state index is 10.9. The fraction of sp³-hybridized carbons (Fsp3) is 1.00. The van der Waals surface area contributed by atoms with Crippen molar-refractivity contribution < 1.29 is 13.7 Å². The van der Waals surface area contributed by atoms with Crippen molar-refractivity contribution in [1.82, 2.24) is 5.48 Å². The van der Waals surface area contributed by atoms with E-state index in [2.05, 4.69) is 14.6 Å². The molecule has 0 aliphatic carbocycles. The predicted molar refractivity (Wildman–Crippen MR) is 44.5 cm³/mol. The zero-order valence-electron chi connectivity index (χ0n) is 6.67. The lowest BCUT2D eigenvalue weighted by Crippen LogP contribution is -2.12. The molecule has 0 aliphatic rings. The molecule has 0 saturated heterocycles. The molecule has 0 bridgehead atoms. The largest absolute Gasteiger partial charge is 0.440 e. The molecule has 6 heteroatoms. The van der Waals surface area contributed by atoms with Crippen LogP contribution in [-0.2, 0) is 13.7 Å². The minimum atomic E-state index is -3.36. The Morgan fingerprint density at radius 3 is 2.64 bits per heavy atom. The van der Waals surface area contributed by atoms with Crippen molar-refractivity contribution in [3.8, 4) is 0 Å².